The van der Waals surface area contributed by atoms with E-state index in [1.165, 1.54) is 18.2 Å². The van der Waals surface area contributed by atoms with Crippen LogP contribution in [0.3, 0.4) is 0 Å². The molecule has 19 heavy (non-hydrogen) atoms. The van der Waals surface area contributed by atoms with Gasteiger partial charge in [0.1, 0.15) is 5.69 Å². The van der Waals surface area contributed by atoms with Crippen LogP contribution in [-0.4, -0.2) is 5.91 Å². The number of nitrogen functional groups attached to an aromatic ring is 2. The Bertz CT molecular complexity index is 644. The van der Waals surface area contributed by atoms with E-state index in [1.807, 2.05) is 0 Å². The highest BCUT2D eigenvalue weighted by Gasteiger charge is 2.15. The summed E-state index contributed by atoms with van der Waals surface area (Å²) in [7, 11) is 0. The van der Waals surface area contributed by atoms with Crippen molar-refractivity contribution < 1.29 is 13.6 Å². The predicted octanol–water partition coefficient (Wildman–Crippen LogP) is 2.38. The number of anilines is 3. The molecule has 0 spiro atoms. The molecule has 0 aromatic heterocycles. The first-order valence-corrected chi connectivity index (χ1v) is 5.39. The highest BCUT2D eigenvalue weighted by molar-refractivity contribution is 6.06. The van der Waals surface area contributed by atoms with Gasteiger partial charge in [-0.05, 0) is 30.3 Å². The third-order valence-corrected chi connectivity index (χ3v) is 2.51. The fraction of sp³-hybridized carbons (Fsp3) is 0. The van der Waals surface area contributed by atoms with Gasteiger partial charge in [0.2, 0.25) is 0 Å². The zero-order chi connectivity index (χ0) is 14.0. The van der Waals surface area contributed by atoms with Crippen molar-refractivity contribution >= 4 is 23.0 Å². The molecule has 0 bridgehead atoms. The summed E-state index contributed by atoms with van der Waals surface area (Å²) in [4.78, 5) is 11.9. The summed E-state index contributed by atoms with van der Waals surface area (Å²) in [5.41, 5.74) is 11.2. The van der Waals surface area contributed by atoms with E-state index < -0.39 is 17.5 Å². The number of rotatable bonds is 2. The van der Waals surface area contributed by atoms with Gasteiger partial charge < -0.3 is 16.8 Å². The monoisotopic (exact) mass is 263 g/mol. The number of nitrogens with two attached hydrogens (primary N) is 2. The number of hydrogen-bond donors (Lipinski definition) is 3. The van der Waals surface area contributed by atoms with Crippen LogP contribution < -0.4 is 16.8 Å². The molecule has 0 saturated carbocycles. The Hall–Kier alpha value is -2.63. The van der Waals surface area contributed by atoms with E-state index in [0.717, 1.165) is 6.07 Å². The Morgan fingerprint density at radius 3 is 2.53 bits per heavy atom. The van der Waals surface area contributed by atoms with Crippen LogP contribution in [0.25, 0.3) is 0 Å². The van der Waals surface area contributed by atoms with Gasteiger partial charge in [-0.1, -0.05) is 6.07 Å². The molecule has 2 aromatic carbocycles. The number of carbonyl (C=O) groups is 1. The fourth-order valence-electron chi connectivity index (χ4n) is 1.56. The van der Waals surface area contributed by atoms with E-state index in [-0.39, 0.29) is 16.9 Å². The summed E-state index contributed by atoms with van der Waals surface area (Å²) in [6.07, 6.45) is 0. The second-order valence-electron chi connectivity index (χ2n) is 3.91. The van der Waals surface area contributed by atoms with Crippen LogP contribution in [0.2, 0.25) is 0 Å². The summed E-state index contributed by atoms with van der Waals surface area (Å²) in [6, 6.07) is 8.17. The molecule has 5 N–H and O–H groups in total. The maximum atomic E-state index is 13.5. The van der Waals surface area contributed by atoms with Crippen molar-refractivity contribution in [2.45, 2.75) is 0 Å². The zero-order valence-electron chi connectivity index (χ0n) is 9.78. The molecule has 0 saturated heterocycles. The summed E-state index contributed by atoms with van der Waals surface area (Å²) in [6.45, 7) is 0. The quantitative estimate of drug-likeness (QED) is 0.727. The lowest BCUT2D eigenvalue weighted by molar-refractivity contribution is 0.102. The molecule has 98 valence electrons. The second kappa shape index (κ2) is 4.93. The van der Waals surface area contributed by atoms with Gasteiger partial charge >= 0.3 is 0 Å². The van der Waals surface area contributed by atoms with Crippen molar-refractivity contribution in [3.8, 4) is 0 Å². The van der Waals surface area contributed by atoms with E-state index in [4.69, 9.17) is 11.5 Å². The average molecular weight is 263 g/mol. The Labute approximate surface area is 108 Å². The molecule has 1 amide bonds. The van der Waals surface area contributed by atoms with Crippen molar-refractivity contribution in [2.75, 3.05) is 16.8 Å². The minimum absolute atomic E-state index is 0.0591. The Morgan fingerprint density at radius 1 is 1.11 bits per heavy atom. The van der Waals surface area contributed by atoms with Crippen LogP contribution in [0.4, 0.5) is 25.8 Å². The van der Waals surface area contributed by atoms with Crippen LogP contribution in [0.15, 0.2) is 36.4 Å². The zero-order valence-corrected chi connectivity index (χ0v) is 9.78. The van der Waals surface area contributed by atoms with Gasteiger partial charge in [-0.3, -0.25) is 4.79 Å². The van der Waals surface area contributed by atoms with E-state index in [1.54, 1.807) is 12.1 Å². The molecule has 0 radical (unpaired) electrons. The first-order valence-electron chi connectivity index (χ1n) is 5.39. The lowest BCUT2D eigenvalue weighted by atomic mass is 10.1. The number of hydrogen-bond acceptors (Lipinski definition) is 3. The molecule has 0 aliphatic heterocycles. The highest BCUT2D eigenvalue weighted by atomic mass is 19.2. The maximum absolute atomic E-state index is 13.5. The molecule has 2 aromatic rings. The first-order chi connectivity index (χ1) is 8.99. The lowest BCUT2D eigenvalue weighted by Crippen LogP contribution is -2.15. The van der Waals surface area contributed by atoms with Gasteiger partial charge in [0.05, 0.1) is 5.69 Å². The molecule has 0 atom stereocenters. The number of amides is 1. The van der Waals surface area contributed by atoms with Gasteiger partial charge in [0.15, 0.2) is 11.6 Å². The van der Waals surface area contributed by atoms with Crippen molar-refractivity contribution in [3.63, 3.8) is 0 Å². The minimum Gasteiger partial charge on any atom is -0.399 e. The lowest BCUT2D eigenvalue weighted by Gasteiger charge is -2.10. The third kappa shape index (κ3) is 2.62. The van der Waals surface area contributed by atoms with E-state index in [2.05, 4.69) is 5.32 Å². The standard InChI is InChI=1S/C13H11F2N3O/c14-9-4-5-10(17)12(11(9)15)18-13(19)7-2-1-3-8(16)6-7/h1-6H,16-17H2,(H,18,19). The largest absolute Gasteiger partial charge is 0.399 e. The maximum Gasteiger partial charge on any atom is 0.255 e. The highest BCUT2D eigenvalue weighted by Crippen LogP contribution is 2.25. The molecule has 0 fully saturated rings. The van der Waals surface area contributed by atoms with Crippen molar-refractivity contribution in [2.24, 2.45) is 0 Å². The number of carbonyl (C=O) groups excluding carboxylic acids is 1. The topological polar surface area (TPSA) is 81.1 Å². The minimum atomic E-state index is -1.20. The van der Waals surface area contributed by atoms with E-state index in [0.29, 0.717) is 5.69 Å². The number of benzene rings is 2. The molecule has 4 nitrogen and oxygen atoms in total. The van der Waals surface area contributed by atoms with Gasteiger partial charge in [0, 0.05) is 11.3 Å². The Kier molecular flexibility index (Phi) is 3.33. The molecule has 0 unspecified atom stereocenters. The van der Waals surface area contributed by atoms with Crippen molar-refractivity contribution in [1.29, 1.82) is 0 Å². The van der Waals surface area contributed by atoms with Crippen molar-refractivity contribution in [3.05, 3.63) is 53.6 Å². The van der Waals surface area contributed by atoms with Gasteiger partial charge in [-0.15, -0.1) is 0 Å². The molecule has 6 heteroatoms. The van der Waals surface area contributed by atoms with Crippen LogP contribution in [0, 0.1) is 11.6 Å². The number of nitrogens with one attached hydrogen (secondary N) is 1. The van der Waals surface area contributed by atoms with Gasteiger partial charge in [0.25, 0.3) is 5.91 Å². The van der Waals surface area contributed by atoms with E-state index >= 15 is 0 Å². The van der Waals surface area contributed by atoms with Gasteiger partial charge in [-0.25, -0.2) is 8.78 Å². The Morgan fingerprint density at radius 2 is 1.84 bits per heavy atom. The van der Waals surface area contributed by atoms with Gasteiger partial charge in [-0.2, -0.15) is 0 Å². The SMILES string of the molecule is Nc1cccc(C(=O)Nc2c(N)ccc(F)c2F)c1. The second-order valence-corrected chi connectivity index (χ2v) is 3.91. The normalized spacial score (nSPS) is 10.2. The molecular formula is C13H11F2N3O. The number of halogens is 2. The summed E-state index contributed by atoms with van der Waals surface area (Å²) in [5, 5.41) is 2.23. The molecule has 2 rings (SSSR count). The van der Waals surface area contributed by atoms with Crippen LogP contribution >= 0.6 is 0 Å². The average Bonchev–Trinajstić information content (AvgIpc) is 2.39. The van der Waals surface area contributed by atoms with E-state index in [9.17, 15) is 13.6 Å². The summed E-state index contributed by atoms with van der Waals surface area (Å²) < 4.78 is 26.6. The summed E-state index contributed by atoms with van der Waals surface area (Å²) >= 11 is 0. The molecule has 0 aliphatic carbocycles. The third-order valence-electron chi connectivity index (χ3n) is 2.51. The molecule has 0 aliphatic rings. The predicted molar refractivity (Wildman–Crippen MR) is 69.6 cm³/mol. The van der Waals surface area contributed by atoms with Crippen LogP contribution in [0.5, 0.6) is 0 Å². The Balaban J connectivity index is 2.32. The fourth-order valence-corrected chi connectivity index (χ4v) is 1.56. The van der Waals surface area contributed by atoms with Crippen LogP contribution in [0.1, 0.15) is 10.4 Å². The molecule has 0 heterocycles. The van der Waals surface area contributed by atoms with Crippen LogP contribution in [-0.2, 0) is 0 Å². The smallest absolute Gasteiger partial charge is 0.255 e. The van der Waals surface area contributed by atoms with Crippen molar-refractivity contribution in [1.82, 2.24) is 0 Å². The first kappa shape index (κ1) is 12.8. The summed E-state index contributed by atoms with van der Waals surface area (Å²) in [5.74, 6) is -2.90. The molecular weight excluding hydrogens is 252 g/mol.